The van der Waals surface area contributed by atoms with Gasteiger partial charge in [-0.3, -0.25) is 19.3 Å². The van der Waals surface area contributed by atoms with Gasteiger partial charge in [0.2, 0.25) is 5.78 Å². The average Bonchev–Trinajstić information content (AvgIpc) is 2.74. The molecule has 9 heteroatoms. The molecule has 1 aromatic rings. The first-order chi connectivity index (χ1) is 16.6. The van der Waals surface area contributed by atoms with Crippen LogP contribution in [0.1, 0.15) is 50.3 Å². The molecule has 9 nitrogen and oxygen atoms in total. The second-order valence-corrected chi connectivity index (χ2v) is 11.6. The SMILES string of the molecule is CN(C)[C@H]1C(=O)C(C(N)=O)=C(O)[C@]2(O)C(=O)C3=C(O)c4c(O)ccc(CCC(C)(C)C)c4C[C@@H]3C[C@H]12. The van der Waals surface area contributed by atoms with Gasteiger partial charge in [-0.05, 0) is 68.3 Å². The summed E-state index contributed by atoms with van der Waals surface area (Å²) in [5.41, 5.74) is 3.64. The first-order valence-electron chi connectivity index (χ1n) is 12.1. The fourth-order valence-electron chi connectivity index (χ4n) is 6.05. The number of aromatic hydroxyl groups is 1. The van der Waals surface area contributed by atoms with Crippen molar-refractivity contribution in [2.75, 3.05) is 14.1 Å². The molecule has 1 fully saturated rings. The van der Waals surface area contributed by atoms with E-state index in [9.17, 15) is 34.8 Å². The zero-order valence-corrected chi connectivity index (χ0v) is 21.3. The Morgan fingerprint density at radius 2 is 1.81 bits per heavy atom. The van der Waals surface area contributed by atoms with Crippen molar-refractivity contribution in [1.29, 1.82) is 0 Å². The quantitative estimate of drug-likeness (QED) is 0.394. The molecule has 4 rings (SSSR count). The number of hydrogen-bond donors (Lipinski definition) is 5. The van der Waals surface area contributed by atoms with Crippen molar-refractivity contribution in [2.45, 2.75) is 58.1 Å². The van der Waals surface area contributed by atoms with Crippen molar-refractivity contribution in [1.82, 2.24) is 4.90 Å². The number of phenols is 1. The Hall–Kier alpha value is -3.17. The smallest absolute Gasteiger partial charge is 0.255 e. The molecule has 1 aromatic carbocycles. The first-order valence-corrected chi connectivity index (χ1v) is 12.1. The van der Waals surface area contributed by atoms with E-state index in [1.165, 1.54) is 11.0 Å². The number of primary amides is 1. The first kappa shape index (κ1) is 25.9. The fraction of sp³-hybridized carbons (Fsp3) is 0.519. The number of nitrogens with two attached hydrogens (primary N) is 1. The number of carbonyl (C=O) groups is 3. The number of aryl methyl sites for hydroxylation is 1. The Morgan fingerprint density at radius 1 is 1.17 bits per heavy atom. The molecule has 6 N–H and O–H groups in total. The van der Waals surface area contributed by atoms with E-state index in [1.54, 1.807) is 14.1 Å². The summed E-state index contributed by atoms with van der Waals surface area (Å²) in [5.74, 6) is -6.39. The number of nitrogens with zero attached hydrogens (tertiary/aromatic N) is 1. The zero-order valence-electron chi connectivity index (χ0n) is 21.3. The largest absolute Gasteiger partial charge is 0.508 e. The van der Waals surface area contributed by atoms with Crippen LogP contribution in [0.3, 0.4) is 0 Å². The van der Waals surface area contributed by atoms with E-state index in [2.05, 4.69) is 20.8 Å². The lowest BCUT2D eigenvalue weighted by Crippen LogP contribution is -2.65. The minimum atomic E-state index is -2.62. The predicted molar refractivity (Wildman–Crippen MR) is 132 cm³/mol. The minimum Gasteiger partial charge on any atom is -0.508 e. The monoisotopic (exact) mass is 498 g/mol. The van der Waals surface area contributed by atoms with Crippen molar-refractivity contribution >= 4 is 23.2 Å². The summed E-state index contributed by atoms with van der Waals surface area (Å²) in [7, 11) is 3.16. The third-order valence-corrected chi connectivity index (χ3v) is 7.85. The van der Waals surface area contributed by atoms with Gasteiger partial charge in [0, 0.05) is 11.5 Å². The number of phenolic OH excluding ortho intramolecular Hbond substituents is 1. The second-order valence-electron chi connectivity index (χ2n) is 11.6. The highest BCUT2D eigenvalue weighted by molar-refractivity contribution is 6.24. The maximum atomic E-state index is 13.8. The molecule has 3 aliphatic rings. The Bertz CT molecular complexity index is 1240. The number of amides is 1. The van der Waals surface area contributed by atoms with Gasteiger partial charge in [0.25, 0.3) is 5.91 Å². The number of aliphatic hydroxyl groups excluding tert-OH is 2. The van der Waals surface area contributed by atoms with Gasteiger partial charge in [0.1, 0.15) is 22.8 Å². The van der Waals surface area contributed by atoms with E-state index in [0.717, 1.165) is 17.5 Å². The van der Waals surface area contributed by atoms with Gasteiger partial charge in [0.05, 0.1) is 11.6 Å². The van der Waals surface area contributed by atoms with Crippen LogP contribution >= 0.6 is 0 Å². The van der Waals surface area contributed by atoms with Crippen molar-refractivity contribution < 1.29 is 34.8 Å². The molecule has 4 atom stereocenters. The molecular weight excluding hydrogens is 464 g/mol. The summed E-state index contributed by atoms with van der Waals surface area (Å²) in [6.45, 7) is 6.37. The summed E-state index contributed by atoms with van der Waals surface area (Å²) in [5, 5.41) is 44.4. The summed E-state index contributed by atoms with van der Waals surface area (Å²) >= 11 is 0. The maximum Gasteiger partial charge on any atom is 0.255 e. The number of benzene rings is 1. The molecule has 36 heavy (non-hydrogen) atoms. The molecule has 1 saturated carbocycles. The van der Waals surface area contributed by atoms with Gasteiger partial charge in [0.15, 0.2) is 11.4 Å². The number of carbonyl (C=O) groups excluding carboxylic acids is 3. The number of hydrogen-bond acceptors (Lipinski definition) is 8. The van der Waals surface area contributed by atoms with Crippen molar-refractivity contribution in [2.24, 2.45) is 23.0 Å². The molecule has 1 amide bonds. The van der Waals surface area contributed by atoms with E-state index >= 15 is 0 Å². The van der Waals surface area contributed by atoms with E-state index in [-0.39, 0.29) is 28.7 Å². The molecule has 0 saturated heterocycles. The van der Waals surface area contributed by atoms with Crippen molar-refractivity contribution in [3.8, 4) is 5.75 Å². The summed E-state index contributed by atoms with van der Waals surface area (Å²) < 4.78 is 0. The van der Waals surface area contributed by atoms with Gasteiger partial charge in [-0.15, -0.1) is 0 Å². The third kappa shape index (κ3) is 3.72. The lowest BCUT2D eigenvalue weighted by atomic mass is 9.57. The summed E-state index contributed by atoms with van der Waals surface area (Å²) in [6.07, 6.45) is 1.95. The number of Topliss-reactive ketones (excluding diaryl/α,β-unsaturated/α-hetero) is 2. The van der Waals surface area contributed by atoms with Crippen LogP contribution in [0.5, 0.6) is 5.75 Å². The minimum absolute atomic E-state index is 0.0587. The average molecular weight is 499 g/mol. The van der Waals surface area contributed by atoms with Gasteiger partial charge in [-0.1, -0.05) is 26.8 Å². The normalized spacial score (nSPS) is 28.2. The Kier molecular flexibility index (Phi) is 6.08. The van der Waals surface area contributed by atoms with Crippen LogP contribution in [-0.4, -0.2) is 68.5 Å². The topological polar surface area (TPSA) is 161 Å². The Morgan fingerprint density at radius 3 is 2.36 bits per heavy atom. The fourth-order valence-corrected chi connectivity index (χ4v) is 6.05. The molecular formula is C27H34N2O7. The number of fused-ring (bicyclic) bond motifs is 3. The van der Waals surface area contributed by atoms with Gasteiger partial charge < -0.3 is 26.2 Å². The van der Waals surface area contributed by atoms with E-state index in [0.29, 0.717) is 12.8 Å². The van der Waals surface area contributed by atoms with Crippen LogP contribution in [0.4, 0.5) is 0 Å². The van der Waals surface area contributed by atoms with Gasteiger partial charge in [-0.2, -0.15) is 0 Å². The van der Waals surface area contributed by atoms with Crippen LogP contribution < -0.4 is 5.73 Å². The molecule has 0 heterocycles. The van der Waals surface area contributed by atoms with Crippen LogP contribution in [-0.2, 0) is 27.2 Å². The van der Waals surface area contributed by atoms with Gasteiger partial charge >= 0.3 is 0 Å². The molecule has 0 spiro atoms. The zero-order chi connectivity index (χ0) is 26.9. The van der Waals surface area contributed by atoms with Crippen LogP contribution in [0.2, 0.25) is 0 Å². The second kappa shape index (κ2) is 8.45. The van der Waals surface area contributed by atoms with Gasteiger partial charge in [-0.25, -0.2) is 0 Å². The molecule has 0 aliphatic heterocycles. The summed E-state index contributed by atoms with van der Waals surface area (Å²) in [4.78, 5) is 40.5. The standard InChI is InChI=1S/C27H34N2O7/c1-26(2,3)9-8-12-6-7-16(30)18-14(12)10-13-11-15-20(29(4)5)22(32)19(25(28)35)24(34)27(15,36)23(33)17(13)21(18)31/h6-7,13,15,20,30-31,34,36H,8-11H2,1-5H3,(H2,28,35)/t13-,15-,20-,27-/m1/s1. The molecule has 0 aromatic heterocycles. The maximum absolute atomic E-state index is 13.8. The lowest BCUT2D eigenvalue weighted by molar-refractivity contribution is -0.153. The van der Waals surface area contributed by atoms with Crippen LogP contribution in [0.25, 0.3) is 5.76 Å². The highest BCUT2D eigenvalue weighted by Gasteiger charge is 2.64. The van der Waals surface area contributed by atoms with E-state index in [1.807, 2.05) is 6.07 Å². The molecule has 0 radical (unpaired) electrons. The Labute approximate surface area is 209 Å². The number of likely N-dealkylation sites (N-methyl/N-ethyl adjacent to an activating group) is 1. The third-order valence-electron chi connectivity index (χ3n) is 7.85. The number of ketones is 2. The van der Waals surface area contributed by atoms with Crippen molar-refractivity contribution in [3.05, 3.63) is 45.7 Å². The number of aliphatic hydroxyl groups is 3. The lowest BCUT2D eigenvalue weighted by Gasteiger charge is -2.50. The molecule has 194 valence electrons. The predicted octanol–water partition coefficient (Wildman–Crippen LogP) is 1.94. The highest BCUT2D eigenvalue weighted by Crippen LogP contribution is 2.53. The van der Waals surface area contributed by atoms with Crippen LogP contribution in [0, 0.1) is 17.3 Å². The Balaban J connectivity index is 1.91. The van der Waals surface area contributed by atoms with Crippen molar-refractivity contribution in [3.63, 3.8) is 0 Å². The van der Waals surface area contributed by atoms with E-state index in [4.69, 9.17) is 5.73 Å². The number of rotatable bonds is 4. The molecule has 0 unspecified atom stereocenters. The molecule has 0 bridgehead atoms. The molecule has 3 aliphatic carbocycles. The van der Waals surface area contributed by atoms with Crippen LogP contribution in [0.15, 0.2) is 29.0 Å². The summed E-state index contributed by atoms with van der Waals surface area (Å²) in [6, 6.07) is 2.20. The highest BCUT2D eigenvalue weighted by atomic mass is 16.3. The van der Waals surface area contributed by atoms with E-state index < -0.39 is 58.0 Å².